The number of nitrogens with one attached hydrogen (secondary N) is 1. The molecule has 0 saturated heterocycles. The molecule has 1 rings (SSSR count). The van der Waals surface area contributed by atoms with Crippen molar-refractivity contribution in [1.29, 1.82) is 0 Å². The maximum atomic E-state index is 11.1. The molecule has 27 heavy (non-hydrogen) atoms. The zero-order chi connectivity index (χ0) is 18.9. The molecule has 0 saturated carbocycles. The Labute approximate surface area is 189 Å². The van der Waals surface area contributed by atoms with Gasteiger partial charge in [-0.15, -0.1) is 0 Å². The van der Waals surface area contributed by atoms with E-state index in [0.29, 0.717) is 5.56 Å². The van der Waals surface area contributed by atoms with E-state index in [4.69, 9.17) is 5.11 Å². The molecule has 3 nitrogen and oxygen atoms in total. The molecule has 0 aliphatic heterocycles. The SMILES string of the molecule is CCCCCCCCCCCCCCCCNc1ccccc1C(=O)O.[NaH]. The molecule has 1 aromatic rings. The summed E-state index contributed by atoms with van der Waals surface area (Å²) < 4.78 is 0. The van der Waals surface area contributed by atoms with Gasteiger partial charge in [0.1, 0.15) is 0 Å². The van der Waals surface area contributed by atoms with E-state index >= 15 is 0 Å². The summed E-state index contributed by atoms with van der Waals surface area (Å²) in [5.74, 6) is -0.867. The normalized spacial score (nSPS) is 10.4. The number of hydrogen-bond acceptors (Lipinski definition) is 2. The zero-order valence-corrected chi connectivity index (χ0v) is 16.8. The molecule has 4 heteroatoms. The van der Waals surface area contributed by atoms with Gasteiger partial charge < -0.3 is 10.4 Å². The predicted molar refractivity (Wildman–Crippen MR) is 119 cm³/mol. The Balaban J connectivity index is 0.00000676. The summed E-state index contributed by atoms with van der Waals surface area (Å²) in [6.07, 6.45) is 19.0. The van der Waals surface area contributed by atoms with Crippen molar-refractivity contribution in [2.24, 2.45) is 0 Å². The van der Waals surface area contributed by atoms with Crippen molar-refractivity contribution >= 4 is 41.2 Å². The van der Waals surface area contributed by atoms with E-state index in [1.807, 2.05) is 12.1 Å². The minimum absolute atomic E-state index is 0. The number of aromatic carboxylic acids is 1. The number of rotatable bonds is 17. The van der Waals surface area contributed by atoms with Crippen LogP contribution in [0.3, 0.4) is 0 Å². The third-order valence-electron chi connectivity index (χ3n) is 5.00. The van der Waals surface area contributed by atoms with Crippen molar-refractivity contribution in [3.05, 3.63) is 29.8 Å². The number of carboxylic acids is 1. The van der Waals surface area contributed by atoms with Gasteiger partial charge in [-0.3, -0.25) is 0 Å². The van der Waals surface area contributed by atoms with Crippen molar-refractivity contribution in [2.75, 3.05) is 11.9 Å². The average molecular weight is 386 g/mol. The molecule has 1 aromatic carbocycles. The molecule has 0 aromatic heterocycles. The van der Waals surface area contributed by atoms with Crippen LogP contribution in [0, 0.1) is 0 Å². The summed E-state index contributed by atoms with van der Waals surface area (Å²) in [6.45, 7) is 3.12. The van der Waals surface area contributed by atoms with Gasteiger partial charge in [-0.1, -0.05) is 103 Å². The second kappa shape index (κ2) is 18.8. The molecule has 0 aliphatic carbocycles. The number of carboxylic acid groups (broad SMARTS) is 1. The van der Waals surface area contributed by atoms with E-state index in [-0.39, 0.29) is 29.6 Å². The van der Waals surface area contributed by atoms with E-state index in [9.17, 15) is 4.79 Å². The standard InChI is InChI=1S/C23H39NO2.Na.H/c1-2-3-4-5-6-7-8-9-10-11-12-13-14-17-20-24-22-19-16-15-18-21(22)23(25)26;;/h15-16,18-19,24H,2-14,17,20H2,1H3,(H,25,26);;. The van der Waals surface area contributed by atoms with E-state index in [0.717, 1.165) is 18.7 Å². The fraction of sp³-hybridized carbons (Fsp3) is 0.696. The molecule has 0 radical (unpaired) electrons. The van der Waals surface area contributed by atoms with Gasteiger partial charge in [0.15, 0.2) is 0 Å². The van der Waals surface area contributed by atoms with Crippen LogP contribution in [-0.2, 0) is 0 Å². The third kappa shape index (κ3) is 14.2. The Morgan fingerprint density at radius 1 is 0.778 bits per heavy atom. The molecular formula is C23H40NNaO2. The maximum absolute atomic E-state index is 11.1. The number of benzene rings is 1. The molecule has 0 fully saturated rings. The Hall–Kier alpha value is -0.510. The summed E-state index contributed by atoms with van der Waals surface area (Å²) in [4.78, 5) is 11.1. The summed E-state index contributed by atoms with van der Waals surface area (Å²) in [5.41, 5.74) is 1.09. The van der Waals surface area contributed by atoms with Gasteiger partial charge in [-0.2, -0.15) is 0 Å². The molecule has 0 amide bonds. The van der Waals surface area contributed by atoms with Crippen LogP contribution in [0.2, 0.25) is 0 Å². The van der Waals surface area contributed by atoms with Crippen LogP contribution in [0.4, 0.5) is 5.69 Å². The topological polar surface area (TPSA) is 49.3 Å². The summed E-state index contributed by atoms with van der Waals surface area (Å²) in [6, 6.07) is 7.13. The van der Waals surface area contributed by atoms with Crippen LogP contribution in [0.25, 0.3) is 0 Å². The first-order valence-corrected chi connectivity index (χ1v) is 10.8. The Morgan fingerprint density at radius 2 is 1.22 bits per heavy atom. The molecular weight excluding hydrogens is 345 g/mol. The van der Waals surface area contributed by atoms with Crippen molar-refractivity contribution in [3.63, 3.8) is 0 Å². The molecule has 150 valence electrons. The quantitative estimate of drug-likeness (QED) is 0.234. The van der Waals surface area contributed by atoms with Gasteiger partial charge in [-0.25, -0.2) is 4.79 Å². The summed E-state index contributed by atoms with van der Waals surface area (Å²) in [7, 11) is 0. The first kappa shape index (κ1) is 26.5. The van der Waals surface area contributed by atoms with Crippen LogP contribution >= 0.6 is 0 Å². The first-order chi connectivity index (χ1) is 12.8. The minimum atomic E-state index is -0.867. The van der Waals surface area contributed by atoms with E-state index in [2.05, 4.69) is 12.2 Å². The molecule has 2 N–H and O–H groups in total. The third-order valence-corrected chi connectivity index (χ3v) is 5.00. The van der Waals surface area contributed by atoms with Gasteiger partial charge in [0.2, 0.25) is 0 Å². The van der Waals surface area contributed by atoms with Crippen molar-refractivity contribution in [2.45, 2.75) is 96.8 Å². The van der Waals surface area contributed by atoms with E-state index in [1.165, 1.54) is 83.5 Å². The molecule has 0 spiro atoms. The van der Waals surface area contributed by atoms with Gasteiger partial charge in [-0.05, 0) is 18.6 Å². The van der Waals surface area contributed by atoms with Crippen LogP contribution < -0.4 is 5.32 Å². The summed E-state index contributed by atoms with van der Waals surface area (Å²) >= 11 is 0. The summed E-state index contributed by atoms with van der Waals surface area (Å²) in [5, 5.41) is 12.4. The Kier molecular flexibility index (Phi) is 18.5. The Bertz CT molecular complexity index is 479. The van der Waals surface area contributed by atoms with Gasteiger partial charge in [0.25, 0.3) is 0 Å². The van der Waals surface area contributed by atoms with Crippen LogP contribution in [0.5, 0.6) is 0 Å². The van der Waals surface area contributed by atoms with Gasteiger partial charge in [0.05, 0.1) is 5.56 Å². The molecule has 0 bridgehead atoms. The molecule has 0 aliphatic rings. The van der Waals surface area contributed by atoms with Crippen molar-refractivity contribution in [3.8, 4) is 0 Å². The molecule has 0 unspecified atom stereocenters. The molecule has 0 heterocycles. The van der Waals surface area contributed by atoms with Crippen molar-refractivity contribution in [1.82, 2.24) is 0 Å². The number of unbranched alkanes of at least 4 members (excludes halogenated alkanes) is 13. The second-order valence-corrected chi connectivity index (χ2v) is 7.37. The van der Waals surface area contributed by atoms with E-state index in [1.54, 1.807) is 12.1 Å². The molecule has 0 atom stereocenters. The average Bonchev–Trinajstić information content (AvgIpc) is 2.65. The van der Waals surface area contributed by atoms with Gasteiger partial charge in [0, 0.05) is 12.2 Å². The monoisotopic (exact) mass is 385 g/mol. The number of carbonyl (C=O) groups is 1. The number of para-hydroxylation sites is 1. The zero-order valence-electron chi connectivity index (χ0n) is 16.8. The fourth-order valence-corrected chi connectivity index (χ4v) is 3.37. The van der Waals surface area contributed by atoms with E-state index < -0.39 is 5.97 Å². The fourth-order valence-electron chi connectivity index (χ4n) is 3.37. The van der Waals surface area contributed by atoms with Gasteiger partial charge >= 0.3 is 35.5 Å². The first-order valence-electron chi connectivity index (χ1n) is 10.8. The van der Waals surface area contributed by atoms with Crippen LogP contribution in [0.15, 0.2) is 24.3 Å². The van der Waals surface area contributed by atoms with Crippen molar-refractivity contribution < 1.29 is 9.90 Å². The van der Waals surface area contributed by atoms with Crippen LogP contribution in [-0.4, -0.2) is 47.2 Å². The second-order valence-electron chi connectivity index (χ2n) is 7.37. The number of anilines is 1. The predicted octanol–water partition coefficient (Wildman–Crippen LogP) is 6.63. The van der Waals surface area contributed by atoms with Crippen LogP contribution in [0.1, 0.15) is 107 Å². The number of hydrogen-bond donors (Lipinski definition) is 2. The Morgan fingerprint density at radius 3 is 1.70 bits per heavy atom.